The molecule has 0 amide bonds. The minimum absolute atomic E-state index is 0.367. The van der Waals surface area contributed by atoms with Crippen LogP contribution in [0.1, 0.15) is 33.0 Å². The van der Waals surface area contributed by atoms with Crippen LogP contribution in [-0.2, 0) is 13.6 Å². The van der Waals surface area contributed by atoms with Crippen molar-refractivity contribution in [2.45, 2.75) is 39.0 Å². The summed E-state index contributed by atoms with van der Waals surface area (Å²) in [7, 11) is 1.95. The van der Waals surface area contributed by atoms with Gasteiger partial charge in [-0.05, 0) is 11.8 Å². The molecule has 0 aliphatic carbocycles. The summed E-state index contributed by atoms with van der Waals surface area (Å²) < 4.78 is 1.92. The van der Waals surface area contributed by atoms with Gasteiger partial charge in [-0.1, -0.05) is 32.5 Å². The molecule has 0 spiro atoms. The van der Waals surface area contributed by atoms with E-state index in [1.54, 1.807) is 6.33 Å². The summed E-state index contributed by atoms with van der Waals surface area (Å²) in [5.74, 6) is 0.928. The van der Waals surface area contributed by atoms with Crippen LogP contribution in [0.2, 0.25) is 0 Å². The average Bonchev–Trinajstić information content (AvgIpc) is 2.82. The summed E-state index contributed by atoms with van der Waals surface area (Å²) in [5, 5.41) is 12.9. The molecule has 1 N–H and O–H groups in total. The highest BCUT2D eigenvalue weighted by molar-refractivity contribution is 8.14. The van der Waals surface area contributed by atoms with E-state index in [4.69, 9.17) is 0 Å². The van der Waals surface area contributed by atoms with Crippen molar-refractivity contribution in [1.82, 2.24) is 20.1 Å². The van der Waals surface area contributed by atoms with Gasteiger partial charge in [0, 0.05) is 12.3 Å². The van der Waals surface area contributed by atoms with Gasteiger partial charge in [-0.2, -0.15) is 0 Å². The third-order valence-corrected chi connectivity index (χ3v) is 3.91. The second-order valence-corrected chi connectivity index (χ2v) is 7.15. The third kappa shape index (κ3) is 3.73. The van der Waals surface area contributed by atoms with Gasteiger partial charge in [-0.3, -0.25) is 4.99 Å². The molecule has 1 aliphatic heterocycles. The average molecular weight is 267 g/mol. The Bertz CT molecular complexity index is 432. The van der Waals surface area contributed by atoms with E-state index in [1.807, 2.05) is 23.4 Å². The molecule has 0 fully saturated rings. The Balaban J connectivity index is 1.78. The van der Waals surface area contributed by atoms with Crippen LogP contribution in [0.4, 0.5) is 0 Å². The number of aliphatic imine (C=N–C) groups is 1. The van der Waals surface area contributed by atoms with E-state index in [0.29, 0.717) is 17.2 Å². The molecule has 0 saturated carbocycles. The molecule has 1 unspecified atom stereocenters. The maximum absolute atomic E-state index is 4.54. The van der Waals surface area contributed by atoms with Crippen molar-refractivity contribution in [3.63, 3.8) is 0 Å². The number of hydrogen-bond acceptors (Lipinski definition) is 5. The van der Waals surface area contributed by atoms with E-state index >= 15 is 0 Å². The van der Waals surface area contributed by atoms with Gasteiger partial charge in [0.25, 0.3) is 0 Å². The van der Waals surface area contributed by atoms with Crippen molar-refractivity contribution in [1.29, 1.82) is 0 Å². The van der Waals surface area contributed by atoms with Gasteiger partial charge in [-0.25, -0.2) is 0 Å². The summed E-state index contributed by atoms with van der Waals surface area (Å²) in [6, 6.07) is 0. The Morgan fingerprint density at radius 2 is 2.28 bits per heavy atom. The fourth-order valence-corrected chi connectivity index (χ4v) is 3.28. The molecule has 1 aromatic heterocycles. The summed E-state index contributed by atoms with van der Waals surface area (Å²) >= 11 is 1.85. The minimum atomic E-state index is 0.367. The normalized spacial score (nSPS) is 20.0. The van der Waals surface area contributed by atoms with Crippen LogP contribution in [0.25, 0.3) is 0 Å². The number of rotatable bonds is 3. The minimum Gasteiger partial charge on any atom is -0.358 e. The molecule has 18 heavy (non-hydrogen) atoms. The lowest BCUT2D eigenvalue weighted by Gasteiger charge is -2.21. The van der Waals surface area contributed by atoms with Crippen LogP contribution in [0.5, 0.6) is 0 Å². The van der Waals surface area contributed by atoms with Crippen molar-refractivity contribution in [3.05, 3.63) is 12.2 Å². The summed E-state index contributed by atoms with van der Waals surface area (Å²) in [5.41, 5.74) is 0.367. The molecular weight excluding hydrogens is 246 g/mol. The number of amidine groups is 1. The maximum Gasteiger partial charge on any atom is 0.157 e. The number of nitrogens with one attached hydrogen (secondary N) is 1. The number of nitrogens with zero attached hydrogens (tertiary/aromatic N) is 4. The predicted octanol–water partition coefficient (Wildman–Crippen LogP) is 1.81. The van der Waals surface area contributed by atoms with Crippen LogP contribution in [0, 0.1) is 5.41 Å². The van der Waals surface area contributed by atoms with Crippen molar-refractivity contribution in [3.8, 4) is 0 Å². The molecule has 6 heteroatoms. The van der Waals surface area contributed by atoms with Crippen LogP contribution < -0.4 is 5.32 Å². The van der Waals surface area contributed by atoms with E-state index in [2.05, 4.69) is 41.3 Å². The lowest BCUT2D eigenvalue weighted by Crippen LogP contribution is -2.22. The topological polar surface area (TPSA) is 55.1 Å². The molecule has 100 valence electrons. The molecule has 1 atom stereocenters. The monoisotopic (exact) mass is 267 g/mol. The van der Waals surface area contributed by atoms with Gasteiger partial charge >= 0.3 is 0 Å². The molecular formula is C12H21N5S. The van der Waals surface area contributed by atoms with Gasteiger partial charge in [-0.15, -0.1) is 10.2 Å². The van der Waals surface area contributed by atoms with E-state index in [1.165, 1.54) is 6.42 Å². The number of hydrogen-bond donors (Lipinski definition) is 1. The Labute approximate surface area is 112 Å². The quantitative estimate of drug-likeness (QED) is 0.907. The lowest BCUT2D eigenvalue weighted by atomic mass is 9.90. The van der Waals surface area contributed by atoms with Gasteiger partial charge in [0.1, 0.15) is 6.33 Å². The fraction of sp³-hybridized carbons (Fsp3) is 0.750. The first-order valence-corrected chi connectivity index (χ1v) is 7.10. The van der Waals surface area contributed by atoms with Gasteiger partial charge < -0.3 is 9.88 Å². The Kier molecular flexibility index (Phi) is 3.94. The molecule has 0 bridgehead atoms. The summed E-state index contributed by atoms with van der Waals surface area (Å²) in [4.78, 5) is 4.54. The second kappa shape index (κ2) is 5.30. The second-order valence-electron chi connectivity index (χ2n) is 5.86. The number of aryl methyl sites for hydroxylation is 1. The van der Waals surface area contributed by atoms with Crippen LogP contribution in [-0.4, -0.2) is 31.7 Å². The zero-order chi connectivity index (χ0) is 13.2. The van der Waals surface area contributed by atoms with Crippen LogP contribution in [0.15, 0.2) is 11.3 Å². The Morgan fingerprint density at radius 1 is 1.50 bits per heavy atom. The predicted molar refractivity (Wildman–Crippen MR) is 75.6 cm³/mol. The number of thioether (sulfide) groups is 1. The summed E-state index contributed by atoms with van der Waals surface area (Å²) in [6.07, 6.45) is 2.90. The van der Waals surface area contributed by atoms with Crippen LogP contribution >= 0.6 is 11.8 Å². The van der Waals surface area contributed by atoms with Gasteiger partial charge in [0.2, 0.25) is 0 Å². The zero-order valence-corrected chi connectivity index (χ0v) is 12.3. The highest BCUT2D eigenvalue weighted by Gasteiger charge is 2.24. The van der Waals surface area contributed by atoms with Crippen molar-refractivity contribution < 1.29 is 0 Å². The van der Waals surface area contributed by atoms with Crippen molar-refractivity contribution in [2.24, 2.45) is 17.5 Å². The zero-order valence-electron chi connectivity index (χ0n) is 11.5. The fourth-order valence-electron chi connectivity index (χ4n) is 1.93. The van der Waals surface area contributed by atoms with Gasteiger partial charge in [0.05, 0.1) is 13.1 Å². The molecule has 0 saturated heterocycles. The first-order valence-electron chi connectivity index (χ1n) is 6.22. The van der Waals surface area contributed by atoms with E-state index in [9.17, 15) is 0 Å². The highest BCUT2D eigenvalue weighted by atomic mass is 32.2. The third-order valence-electron chi connectivity index (χ3n) is 2.76. The highest BCUT2D eigenvalue weighted by Crippen LogP contribution is 2.31. The molecule has 1 aromatic rings. The molecule has 2 rings (SSSR count). The lowest BCUT2D eigenvalue weighted by molar-refractivity contribution is 0.375. The summed E-state index contributed by atoms with van der Waals surface area (Å²) in [6.45, 7) is 8.43. The molecule has 2 heterocycles. The molecule has 5 nitrogen and oxygen atoms in total. The Morgan fingerprint density at radius 3 is 2.89 bits per heavy atom. The number of aromatic nitrogens is 3. The first kappa shape index (κ1) is 13.4. The van der Waals surface area contributed by atoms with Crippen molar-refractivity contribution in [2.75, 3.05) is 6.54 Å². The van der Waals surface area contributed by atoms with E-state index in [0.717, 1.165) is 17.5 Å². The van der Waals surface area contributed by atoms with Crippen LogP contribution in [0.3, 0.4) is 0 Å². The Hall–Kier alpha value is -1.04. The molecule has 0 aromatic carbocycles. The standard InChI is InChI=1S/C12H21N5S/c1-12(2,3)5-9-6-13-11(18-9)14-7-10-16-15-8-17(10)4/h8-9H,5-7H2,1-4H3,(H,13,14). The SMILES string of the molecule is Cn1cnnc1CNC1=NCC(CC(C)(C)C)S1. The van der Waals surface area contributed by atoms with E-state index < -0.39 is 0 Å². The van der Waals surface area contributed by atoms with Crippen molar-refractivity contribution >= 4 is 16.9 Å². The first-order chi connectivity index (χ1) is 8.44. The maximum atomic E-state index is 4.54. The largest absolute Gasteiger partial charge is 0.358 e. The molecule has 0 radical (unpaired) electrons. The van der Waals surface area contributed by atoms with Gasteiger partial charge in [0.15, 0.2) is 11.0 Å². The molecule has 1 aliphatic rings. The van der Waals surface area contributed by atoms with E-state index in [-0.39, 0.29) is 0 Å². The smallest absolute Gasteiger partial charge is 0.157 e.